The number of hydrogen-bond acceptors (Lipinski definition) is 7. The summed E-state index contributed by atoms with van der Waals surface area (Å²) in [5, 5.41) is 0.493. The molecule has 1 saturated heterocycles. The van der Waals surface area contributed by atoms with Crippen molar-refractivity contribution >= 4 is 44.0 Å². The number of aryl methyl sites for hydroxylation is 1. The number of thioether (sulfide) groups is 1. The summed E-state index contributed by atoms with van der Waals surface area (Å²) in [6.07, 6.45) is 0.530. The number of amides is 1. The van der Waals surface area contributed by atoms with Gasteiger partial charge < -0.3 is 10.6 Å². The monoisotopic (exact) mass is 335 g/mol. The van der Waals surface area contributed by atoms with Gasteiger partial charge in [-0.2, -0.15) is 0 Å². The molecule has 20 heavy (non-hydrogen) atoms. The largest absolute Gasteiger partial charge is 0.375 e. The SMILES string of the molecule is Cc1nc(N)sc1SCC(=O)N(C)C1CCS(=O)(=O)C1. The first-order valence-electron chi connectivity index (χ1n) is 6.10. The first-order chi connectivity index (χ1) is 9.28. The number of hydrogen-bond donors (Lipinski definition) is 1. The molecule has 0 bridgehead atoms. The lowest BCUT2D eigenvalue weighted by Gasteiger charge is -2.23. The van der Waals surface area contributed by atoms with Gasteiger partial charge in [0.15, 0.2) is 15.0 Å². The molecule has 2 rings (SSSR count). The second-order valence-electron chi connectivity index (χ2n) is 4.78. The van der Waals surface area contributed by atoms with Gasteiger partial charge >= 0.3 is 0 Å². The second-order valence-corrected chi connectivity index (χ2v) is 9.28. The molecule has 6 nitrogen and oxygen atoms in total. The van der Waals surface area contributed by atoms with Crippen LogP contribution in [-0.4, -0.2) is 54.6 Å². The number of carbonyl (C=O) groups is 1. The Morgan fingerprint density at radius 2 is 2.30 bits per heavy atom. The van der Waals surface area contributed by atoms with E-state index in [1.54, 1.807) is 11.9 Å². The van der Waals surface area contributed by atoms with Crippen LogP contribution in [0.5, 0.6) is 0 Å². The fourth-order valence-electron chi connectivity index (χ4n) is 2.05. The summed E-state index contributed by atoms with van der Waals surface area (Å²) >= 11 is 2.76. The zero-order valence-corrected chi connectivity index (χ0v) is 13.8. The molecule has 1 unspecified atom stereocenters. The van der Waals surface area contributed by atoms with Crippen LogP contribution in [0.4, 0.5) is 5.13 Å². The lowest BCUT2D eigenvalue weighted by Crippen LogP contribution is -2.38. The predicted octanol–water partition coefficient (Wildman–Crippen LogP) is 0.771. The maximum atomic E-state index is 12.1. The molecular formula is C11H17N3O3S3. The van der Waals surface area contributed by atoms with E-state index in [2.05, 4.69) is 4.98 Å². The highest BCUT2D eigenvalue weighted by Gasteiger charge is 2.32. The van der Waals surface area contributed by atoms with Crippen molar-refractivity contribution in [1.82, 2.24) is 9.88 Å². The number of aromatic nitrogens is 1. The third-order valence-electron chi connectivity index (χ3n) is 3.25. The third-order valence-corrected chi connectivity index (χ3v) is 7.33. The molecule has 2 heterocycles. The Morgan fingerprint density at radius 1 is 1.60 bits per heavy atom. The summed E-state index contributed by atoms with van der Waals surface area (Å²) in [6, 6.07) is -0.194. The average molecular weight is 335 g/mol. The van der Waals surface area contributed by atoms with Crippen molar-refractivity contribution in [2.24, 2.45) is 0 Å². The van der Waals surface area contributed by atoms with Gasteiger partial charge in [-0.15, -0.1) is 11.8 Å². The zero-order chi connectivity index (χ0) is 14.9. The molecule has 0 aliphatic carbocycles. The predicted molar refractivity (Wildman–Crippen MR) is 81.8 cm³/mol. The number of sulfone groups is 1. The molecule has 2 N–H and O–H groups in total. The first-order valence-corrected chi connectivity index (χ1v) is 9.72. The lowest BCUT2D eigenvalue weighted by atomic mass is 10.2. The van der Waals surface area contributed by atoms with Crippen molar-refractivity contribution in [3.05, 3.63) is 5.69 Å². The van der Waals surface area contributed by atoms with Crippen molar-refractivity contribution in [3.63, 3.8) is 0 Å². The molecule has 1 aliphatic heterocycles. The average Bonchev–Trinajstić information content (AvgIpc) is 2.87. The van der Waals surface area contributed by atoms with Gasteiger partial charge in [0.05, 0.1) is 27.2 Å². The topological polar surface area (TPSA) is 93.4 Å². The summed E-state index contributed by atoms with van der Waals surface area (Å²) in [7, 11) is -1.30. The first kappa shape index (κ1) is 15.6. The fourth-order valence-corrected chi connectivity index (χ4v) is 5.77. The van der Waals surface area contributed by atoms with Gasteiger partial charge in [-0.05, 0) is 13.3 Å². The van der Waals surface area contributed by atoms with Gasteiger partial charge in [-0.1, -0.05) is 11.3 Å². The van der Waals surface area contributed by atoms with Gasteiger partial charge in [0.25, 0.3) is 0 Å². The van der Waals surface area contributed by atoms with E-state index < -0.39 is 9.84 Å². The minimum Gasteiger partial charge on any atom is -0.375 e. The van der Waals surface area contributed by atoms with Crippen LogP contribution in [0, 0.1) is 6.92 Å². The Morgan fingerprint density at radius 3 is 2.80 bits per heavy atom. The van der Waals surface area contributed by atoms with Crippen molar-refractivity contribution in [1.29, 1.82) is 0 Å². The van der Waals surface area contributed by atoms with Crippen LogP contribution < -0.4 is 5.73 Å². The molecule has 1 amide bonds. The Balaban J connectivity index is 1.90. The van der Waals surface area contributed by atoms with Gasteiger partial charge in [-0.25, -0.2) is 13.4 Å². The lowest BCUT2D eigenvalue weighted by molar-refractivity contribution is -0.128. The Hall–Kier alpha value is -0.800. The number of nitrogens with zero attached hydrogens (tertiary/aromatic N) is 2. The molecule has 9 heteroatoms. The van der Waals surface area contributed by atoms with E-state index in [0.29, 0.717) is 11.6 Å². The Labute approximate surface area is 126 Å². The molecule has 1 aliphatic rings. The summed E-state index contributed by atoms with van der Waals surface area (Å²) in [5.74, 6) is 0.456. The van der Waals surface area contributed by atoms with Crippen LogP contribution in [0.15, 0.2) is 4.21 Å². The van der Waals surface area contributed by atoms with Gasteiger partial charge in [-0.3, -0.25) is 4.79 Å². The van der Waals surface area contributed by atoms with Crippen molar-refractivity contribution in [2.45, 2.75) is 23.6 Å². The van der Waals surface area contributed by atoms with Gasteiger partial charge in [0, 0.05) is 13.1 Å². The van der Waals surface area contributed by atoms with E-state index in [4.69, 9.17) is 5.73 Å². The number of thiazole rings is 1. The van der Waals surface area contributed by atoms with Crippen LogP contribution in [-0.2, 0) is 14.6 Å². The van der Waals surface area contributed by atoms with E-state index in [0.717, 1.165) is 9.90 Å². The molecule has 0 aromatic carbocycles. The number of nitrogens with two attached hydrogens (primary N) is 1. The number of carbonyl (C=O) groups excluding carboxylic acids is 1. The minimum absolute atomic E-state index is 0.0662. The maximum absolute atomic E-state index is 12.1. The quantitative estimate of drug-likeness (QED) is 0.817. The molecule has 0 radical (unpaired) electrons. The van der Waals surface area contributed by atoms with E-state index in [9.17, 15) is 13.2 Å². The fraction of sp³-hybridized carbons (Fsp3) is 0.636. The highest BCUT2D eigenvalue weighted by molar-refractivity contribution is 8.01. The molecule has 1 atom stereocenters. The minimum atomic E-state index is -2.97. The molecule has 1 fully saturated rings. The number of rotatable bonds is 4. The molecule has 1 aromatic rings. The normalized spacial score (nSPS) is 21.0. The zero-order valence-electron chi connectivity index (χ0n) is 11.3. The van der Waals surface area contributed by atoms with Crippen molar-refractivity contribution in [2.75, 3.05) is 30.0 Å². The van der Waals surface area contributed by atoms with Crippen LogP contribution in [0.25, 0.3) is 0 Å². The van der Waals surface area contributed by atoms with Gasteiger partial charge in [0.2, 0.25) is 5.91 Å². The molecule has 0 saturated carbocycles. The van der Waals surface area contributed by atoms with E-state index in [-0.39, 0.29) is 29.2 Å². The summed E-state index contributed by atoms with van der Waals surface area (Å²) in [6.45, 7) is 1.85. The second kappa shape index (κ2) is 5.90. The van der Waals surface area contributed by atoms with E-state index in [1.165, 1.54) is 23.1 Å². The number of anilines is 1. The molecule has 112 valence electrons. The van der Waals surface area contributed by atoms with Crippen LogP contribution in [0.3, 0.4) is 0 Å². The van der Waals surface area contributed by atoms with Gasteiger partial charge in [0.1, 0.15) is 0 Å². The van der Waals surface area contributed by atoms with Crippen LogP contribution in [0.2, 0.25) is 0 Å². The molecule has 0 spiro atoms. The highest BCUT2D eigenvalue weighted by Crippen LogP contribution is 2.30. The standard InChI is InChI=1S/C11H17N3O3S3/c1-7-10(19-11(12)13-7)18-5-9(15)14(2)8-3-4-20(16,17)6-8/h8H,3-6H2,1-2H3,(H2,12,13). The Kier molecular flexibility index (Phi) is 4.60. The van der Waals surface area contributed by atoms with E-state index >= 15 is 0 Å². The summed E-state index contributed by atoms with van der Waals surface area (Å²) in [4.78, 5) is 17.8. The molecule has 1 aromatic heterocycles. The summed E-state index contributed by atoms with van der Waals surface area (Å²) in [5.41, 5.74) is 6.44. The Bertz CT molecular complexity index is 612. The van der Waals surface area contributed by atoms with Crippen molar-refractivity contribution < 1.29 is 13.2 Å². The van der Waals surface area contributed by atoms with E-state index in [1.807, 2.05) is 6.92 Å². The number of nitrogen functional groups attached to an aromatic ring is 1. The highest BCUT2D eigenvalue weighted by atomic mass is 32.2. The van der Waals surface area contributed by atoms with Crippen molar-refractivity contribution in [3.8, 4) is 0 Å². The maximum Gasteiger partial charge on any atom is 0.232 e. The van der Waals surface area contributed by atoms with Crippen LogP contribution in [0.1, 0.15) is 12.1 Å². The van der Waals surface area contributed by atoms with Crippen LogP contribution >= 0.6 is 23.1 Å². The smallest absolute Gasteiger partial charge is 0.232 e. The third kappa shape index (κ3) is 3.64. The molecular weight excluding hydrogens is 318 g/mol. The summed E-state index contributed by atoms with van der Waals surface area (Å²) < 4.78 is 23.8.